The van der Waals surface area contributed by atoms with Crippen LogP contribution in [0.5, 0.6) is 0 Å². The Labute approximate surface area is 323 Å². The maximum atomic E-state index is 12.4. The number of hydrogen-bond acceptors (Lipinski definition) is 5. The predicted molar refractivity (Wildman–Crippen MR) is 221 cm³/mol. The molecule has 2 N–H and O–H groups in total. The van der Waals surface area contributed by atoms with E-state index in [1.54, 1.807) is 0 Å². The van der Waals surface area contributed by atoms with Crippen molar-refractivity contribution < 1.29 is 33.1 Å². The highest BCUT2D eigenvalue weighted by molar-refractivity contribution is 7.46. The lowest BCUT2D eigenvalue weighted by Gasteiger charge is -2.18. The van der Waals surface area contributed by atoms with Crippen LogP contribution in [0.3, 0.4) is 0 Å². The van der Waals surface area contributed by atoms with Gasteiger partial charge in [-0.3, -0.25) is 9.32 Å². The average Bonchev–Trinajstić information content (AvgIpc) is 3.12. The maximum Gasteiger partial charge on any atom is 0.469 e. The Balaban J connectivity index is 3.69. The summed E-state index contributed by atoms with van der Waals surface area (Å²) in [5, 5.41) is 0. The summed E-state index contributed by atoms with van der Waals surface area (Å²) in [6, 6.07) is 0. The van der Waals surface area contributed by atoms with Crippen molar-refractivity contribution in [2.45, 2.75) is 258 Å². The van der Waals surface area contributed by atoms with Gasteiger partial charge in [0.15, 0.2) is 0 Å². The van der Waals surface area contributed by atoms with E-state index < -0.39 is 13.9 Å². The van der Waals surface area contributed by atoms with Gasteiger partial charge in [0, 0.05) is 13.0 Å². The van der Waals surface area contributed by atoms with Gasteiger partial charge < -0.3 is 19.3 Å². The third-order valence-corrected chi connectivity index (χ3v) is 10.9. The maximum absolute atomic E-state index is 12.4. The van der Waals surface area contributed by atoms with Gasteiger partial charge in [-0.1, -0.05) is 232 Å². The normalized spacial score (nSPS) is 12.5. The van der Waals surface area contributed by atoms with Crippen molar-refractivity contribution >= 4 is 13.8 Å². The summed E-state index contributed by atoms with van der Waals surface area (Å²) in [5.41, 5.74) is 0. The molecule has 0 spiro atoms. The smallest absolute Gasteiger partial charge is 0.457 e. The second-order valence-electron chi connectivity index (χ2n) is 15.7. The highest BCUT2D eigenvalue weighted by Crippen LogP contribution is 2.36. The van der Waals surface area contributed by atoms with Crippen LogP contribution < -0.4 is 0 Å². The number of unbranched alkanes of at least 4 members (excludes halogenated alkanes) is 34. The van der Waals surface area contributed by atoms with Gasteiger partial charge >= 0.3 is 13.8 Å². The minimum atomic E-state index is -4.65. The molecule has 0 heterocycles. The first-order valence-electron chi connectivity index (χ1n) is 22.9. The number of esters is 1. The molecule has 7 nitrogen and oxygen atoms in total. The van der Waals surface area contributed by atoms with Crippen molar-refractivity contribution in [2.75, 3.05) is 19.8 Å². The van der Waals surface area contributed by atoms with E-state index in [1.807, 2.05) is 0 Å². The predicted octanol–water partition coefficient (Wildman–Crippen LogP) is 14.5. The summed E-state index contributed by atoms with van der Waals surface area (Å²) in [5.74, 6) is -0.354. The van der Waals surface area contributed by atoms with E-state index >= 15 is 0 Å². The first-order chi connectivity index (χ1) is 25.4. The van der Waals surface area contributed by atoms with Crippen LogP contribution in [0.25, 0.3) is 0 Å². The van der Waals surface area contributed by atoms with Crippen molar-refractivity contribution in [3.05, 3.63) is 0 Å². The summed E-state index contributed by atoms with van der Waals surface area (Å²) in [6.07, 6.45) is 46.8. The van der Waals surface area contributed by atoms with Crippen molar-refractivity contribution in [3.8, 4) is 0 Å². The monoisotopic (exact) mass is 761 g/mol. The van der Waals surface area contributed by atoms with Crippen LogP contribution in [-0.4, -0.2) is 41.7 Å². The first-order valence-corrected chi connectivity index (χ1v) is 24.4. The van der Waals surface area contributed by atoms with Gasteiger partial charge in [0.2, 0.25) is 0 Å². The molecular formula is C44H89O7P. The largest absolute Gasteiger partial charge is 0.469 e. The number of phosphoric ester groups is 1. The Hall–Kier alpha value is -0.460. The summed E-state index contributed by atoms with van der Waals surface area (Å²) < 4.78 is 27.1. The Morgan fingerprint density at radius 3 is 1.04 bits per heavy atom. The molecule has 0 bridgehead atoms. The molecule has 0 amide bonds. The molecule has 0 aliphatic rings. The standard InChI is InChI=1S/C44H89O7P/c1-3-5-7-9-11-13-15-17-19-21-22-23-24-25-27-29-31-33-35-37-39-44(45)51-43(42-50-52(46,47)48)41-49-40-38-36-34-32-30-28-26-20-18-16-14-12-10-8-6-4-2/h43H,3-42H2,1-2H3,(H2,46,47,48)/t43-/m1/s1. The number of hydrogen-bond donors (Lipinski definition) is 2. The minimum absolute atomic E-state index is 0.0870. The number of carbonyl (C=O) groups is 1. The van der Waals surface area contributed by atoms with Gasteiger partial charge in [-0.2, -0.15) is 0 Å². The summed E-state index contributed by atoms with van der Waals surface area (Å²) in [6.45, 7) is 4.82. The van der Waals surface area contributed by atoms with Crippen LogP contribution in [-0.2, 0) is 23.4 Å². The molecule has 1 atom stereocenters. The van der Waals surface area contributed by atoms with Gasteiger partial charge in [-0.05, 0) is 12.8 Å². The lowest BCUT2D eigenvalue weighted by atomic mass is 10.0. The van der Waals surface area contributed by atoms with Crippen LogP contribution in [0.2, 0.25) is 0 Å². The summed E-state index contributed by atoms with van der Waals surface area (Å²) in [4.78, 5) is 30.7. The van der Waals surface area contributed by atoms with E-state index in [4.69, 9.17) is 19.3 Å². The lowest BCUT2D eigenvalue weighted by molar-refractivity contribution is -0.154. The second kappa shape index (κ2) is 41.7. The molecule has 0 unspecified atom stereocenters. The third kappa shape index (κ3) is 43.9. The molecule has 0 aromatic heterocycles. The van der Waals surface area contributed by atoms with Gasteiger partial charge in [0.05, 0.1) is 13.2 Å². The molecule has 0 fully saturated rings. The zero-order chi connectivity index (χ0) is 38.1. The third-order valence-electron chi connectivity index (χ3n) is 10.4. The molecule has 312 valence electrons. The topological polar surface area (TPSA) is 102 Å². The molecule has 0 aromatic carbocycles. The fourth-order valence-corrected chi connectivity index (χ4v) is 7.39. The molecule has 0 rings (SSSR count). The highest BCUT2D eigenvalue weighted by Gasteiger charge is 2.21. The van der Waals surface area contributed by atoms with E-state index in [2.05, 4.69) is 18.4 Å². The van der Waals surface area contributed by atoms with Gasteiger partial charge in [-0.25, -0.2) is 4.57 Å². The van der Waals surface area contributed by atoms with Gasteiger partial charge in [0.1, 0.15) is 6.10 Å². The fourth-order valence-electron chi connectivity index (χ4n) is 7.03. The second-order valence-corrected chi connectivity index (χ2v) is 17.0. The molecule has 0 saturated heterocycles. The summed E-state index contributed by atoms with van der Waals surface area (Å²) >= 11 is 0. The molecule has 52 heavy (non-hydrogen) atoms. The Morgan fingerprint density at radius 2 is 0.731 bits per heavy atom. The van der Waals surface area contributed by atoms with E-state index in [1.165, 1.54) is 199 Å². The minimum Gasteiger partial charge on any atom is -0.457 e. The average molecular weight is 761 g/mol. The quantitative estimate of drug-likeness (QED) is 0.0362. The van der Waals surface area contributed by atoms with Crippen molar-refractivity contribution in [3.63, 3.8) is 0 Å². The highest BCUT2D eigenvalue weighted by atomic mass is 31.2. The van der Waals surface area contributed by atoms with E-state index in [0.717, 1.165) is 32.1 Å². The Bertz CT molecular complexity index is 759. The van der Waals surface area contributed by atoms with Gasteiger partial charge in [0.25, 0.3) is 0 Å². The van der Waals surface area contributed by atoms with Crippen molar-refractivity contribution in [1.82, 2.24) is 0 Å². The lowest BCUT2D eigenvalue weighted by Crippen LogP contribution is -2.28. The zero-order valence-electron chi connectivity index (χ0n) is 34.7. The molecule has 0 aliphatic heterocycles. The van der Waals surface area contributed by atoms with Crippen LogP contribution in [0, 0.1) is 0 Å². The SMILES string of the molecule is CCCCCCCCCCCCCCCCCCCCCCC(=O)O[C@H](COCCCCCCCCCCCCCCCCCC)COP(=O)(O)O. The zero-order valence-corrected chi connectivity index (χ0v) is 35.6. The number of rotatable bonds is 44. The van der Waals surface area contributed by atoms with Crippen LogP contribution >= 0.6 is 7.82 Å². The van der Waals surface area contributed by atoms with E-state index in [0.29, 0.717) is 13.0 Å². The Morgan fingerprint density at radius 1 is 0.442 bits per heavy atom. The molecule has 0 aromatic rings. The number of carbonyl (C=O) groups excluding carboxylic acids is 1. The molecule has 0 saturated carbocycles. The first kappa shape index (κ1) is 51.5. The summed E-state index contributed by atoms with van der Waals surface area (Å²) in [7, 11) is -4.65. The molecular weight excluding hydrogens is 671 g/mol. The van der Waals surface area contributed by atoms with E-state index in [-0.39, 0.29) is 19.2 Å². The van der Waals surface area contributed by atoms with E-state index in [9.17, 15) is 9.36 Å². The number of ether oxygens (including phenoxy) is 2. The van der Waals surface area contributed by atoms with Crippen molar-refractivity contribution in [2.24, 2.45) is 0 Å². The van der Waals surface area contributed by atoms with Crippen LogP contribution in [0.4, 0.5) is 0 Å². The molecule has 0 radical (unpaired) electrons. The molecule has 0 aliphatic carbocycles. The molecule has 8 heteroatoms. The van der Waals surface area contributed by atoms with Gasteiger partial charge in [-0.15, -0.1) is 0 Å². The van der Waals surface area contributed by atoms with Crippen LogP contribution in [0.1, 0.15) is 251 Å². The number of phosphoric acid groups is 1. The van der Waals surface area contributed by atoms with Crippen LogP contribution in [0.15, 0.2) is 0 Å². The van der Waals surface area contributed by atoms with Crippen molar-refractivity contribution in [1.29, 1.82) is 0 Å². The Kier molecular flexibility index (Phi) is 41.3. The fraction of sp³-hybridized carbons (Fsp3) is 0.977.